The van der Waals surface area contributed by atoms with Crippen LogP contribution in [0.5, 0.6) is 0 Å². The molecule has 1 unspecified atom stereocenters. The molecule has 2 atom stereocenters. The zero-order valence-electron chi connectivity index (χ0n) is 8.90. The molecule has 0 saturated carbocycles. The summed E-state index contributed by atoms with van der Waals surface area (Å²) in [5, 5.41) is 0. The van der Waals surface area contributed by atoms with Gasteiger partial charge in [0, 0.05) is 11.8 Å². The van der Waals surface area contributed by atoms with Gasteiger partial charge in [-0.15, -0.1) is 6.42 Å². The topological polar surface area (TPSA) is 64.1 Å². The number of nitrogens with zero attached hydrogens (tertiary/aromatic N) is 1. The standard InChI is InChI=1S/C11H12N2O3/c1-3-8-4-5-9(16-8)13-6-7(2)10(14)12-11(13)15/h1,6,8-9H,4-5H2,2H3,(H,12,14,15)/t8-,9?/m1/s1. The van der Waals surface area contributed by atoms with Crippen molar-refractivity contribution in [1.82, 2.24) is 9.55 Å². The van der Waals surface area contributed by atoms with Gasteiger partial charge in [0.15, 0.2) is 0 Å². The number of ether oxygens (including phenoxy) is 1. The first kappa shape index (κ1) is 10.7. The second-order valence-electron chi connectivity index (χ2n) is 3.80. The van der Waals surface area contributed by atoms with Crippen LogP contribution in [0.3, 0.4) is 0 Å². The average Bonchev–Trinajstić information content (AvgIpc) is 2.71. The third-order valence-corrected chi connectivity index (χ3v) is 2.64. The van der Waals surface area contributed by atoms with E-state index in [0.29, 0.717) is 12.0 Å². The van der Waals surface area contributed by atoms with Crippen molar-refractivity contribution in [3.8, 4) is 12.3 Å². The van der Waals surface area contributed by atoms with E-state index in [9.17, 15) is 9.59 Å². The Bertz CT molecular complexity index is 550. The second-order valence-corrected chi connectivity index (χ2v) is 3.80. The molecule has 0 spiro atoms. The van der Waals surface area contributed by atoms with Crippen molar-refractivity contribution in [2.24, 2.45) is 0 Å². The van der Waals surface area contributed by atoms with Gasteiger partial charge >= 0.3 is 5.69 Å². The lowest BCUT2D eigenvalue weighted by atomic mass is 10.2. The van der Waals surface area contributed by atoms with Gasteiger partial charge in [-0.3, -0.25) is 14.3 Å². The summed E-state index contributed by atoms with van der Waals surface area (Å²) in [6.07, 6.45) is 7.54. The molecular weight excluding hydrogens is 208 g/mol. The molecule has 0 bridgehead atoms. The van der Waals surface area contributed by atoms with E-state index < -0.39 is 5.69 Å². The molecule has 1 aliphatic heterocycles. The number of hydrogen-bond donors (Lipinski definition) is 1. The van der Waals surface area contributed by atoms with Crippen LogP contribution in [0, 0.1) is 19.3 Å². The number of H-pyrrole nitrogens is 1. The molecule has 16 heavy (non-hydrogen) atoms. The fourth-order valence-corrected chi connectivity index (χ4v) is 1.75. The van der Waals surface area contributed by atoms with Crippen molar-refractivity contribution < 1.29 is 4.74 Å². The lowest BCUT2D eigenvalue weighted by Gasteiger charge is -2.13. The zero-order chi connectivity index (χ0) is 11.7. The molecule has 2 rings (SSSR count). The Labute approximate surface area is 92.1 Å². The Balaban J connectivity index is 2.36. The molecule has 5 nitrogen and oxygen atoms in total. The zero-order valence-corrected chi connectivity index (χ0v) is 8.90. The predicted octanol–water partition coefficient (Wildman–Crippen LogP) is 0.156. The van der Waals surface area contributed by atoms with Crippen LogP contribution in [0.2, 0.25) is 0 Å². The number of terminal acetylenes is 1. The number of aromatic amines is 1. The molecule has 1 fully saturated rings. The summed E-state index contributed by atoms with van der Waals surface area (Å²) in [6.45, 7) is 1.64. The lowest BCUT2D eigenvalue weighted by Crippen LogP contribution is -2.33. The molecule has 1 aliphatic rings. The molecule has 1 N–H and O–H groups in total. The van der Waals surface area contributed by atoms with Crippen molar-refractivity contribution in [2.75, 3.05) is 0 Å². The third kappa shape index (κ3) is 1.79. The summed E-state index contributed by atoms with van der Waals surface area (Å²) in [6, 6.07) is 0. The van der Waals surface area contributed by atoms with Gasteiger partial charge < -0.3 is 4.74 Å². The van der Waals surface area contributed by atoms with E-state index in [-0.39, 0.29) is 17.9 Å². The van der Waals surface area contributed by atoms with Crippen LogP contribution in [-0.4, -0.2) is 15.7 Å². The maximum atomic E-state index is 11.6. The summed E-state index contributed by atoms with van der Waals surface area (Å²) in [5.74, 6) is 2.50. The highest BCUT2D eigenvalue weighted by Crippen LogP contribution is 2.26. The van der Waals surface area contributed by atoms with Crippen LogP contribution in [0.4, 0.5) is 0 Å². The van der Waals surface area contributed by atoms with Crippen molar-refractivity contribution in [1.29, 1.82) is 0 Å². The summed E-state index contributed by atoms with van der Waals surface area (Å²) in [7, 11) is 0. The van der Waals surface area contributed by atoms with Gasteiger partial charge in [0.25, 0.3) is 5.56 Å². The van der Waals surface area contributed by atoms with Crippen LogP contribution in [0.25, 0.3) is 0 Å². The third-order valence-electron chi connectivity index (χ3n) is 2.64. The molecule has 1 aromatic rings. The largest absolute Gasteiger partial charge is 0.342 e. The van der Waals surface area contributed by atoms with Crippen molar-refractivity contribution in [3.05, 3.63) is 32.6 Å². The highest BCUT2D eigenvalue weighted by molar-refractivity contribution is 5.03. The van der Waals surface area contributed by atoms with E-state index in [1.165, 1.54) is 10.8 Å². The predicted molar refractivity (Wildman–Crippen MR) is 58.0 cm³/mol. The van der Waals surface area contributed by atoms with Crippen LogP contribution < -0.4 is 11.2 Å². The fourth-order valence-electron chi connectivity index (χ4n) is 1.75. The van der Waals surface area contributed by atoms with E-state index in [2.05, 4.69) is 10.9 Å². The number of aryl methyl sites for hydroxylation is 1. The van der Waals surface area contributed by atoms with E-state index in [1.807, 2.05) is 0 Å². The number of aromatic nitrogens is 2. The van der Waals surface area contributed by atoms with Crippen LogP contribution >= 0.6 is 0 Å². The van der Waals surface area contributed by atoms with E-state index in [1.54, 1.807) is 6.92 Å². The molecule has 0 aromatic carbocycles. The molecule has 0 amide bonds. The monoisotopic (exact) mass is 220 g/mol. The molecule has 0 radical (unpaired) electrons. The number of rotatable bonds is 1. The van der Waals surface area contributed by atoms with Gasteiger partial charge in [-0.05, 0) is 19.8 Å². The van der Waals surface area contributed by atoms with Crippen molar-refractivity contribution >= 4 is 0 Å². The number of hydrogen-bond acceptors (Lipinski definition) is 3. The van der Waals surface area contributed by atoms with Crippen molar-refractivity contribution in [3.63, 3.8) is 0 Å². The Morgan fingerprint density at radius 1 is 1.56 bits per heavy atom. The molecule has 1 saturated heterocycles. The molecule has 0 aliphatic carbocycles. The van der Waals surface area contributed by atoms with E-state index in [4.69, 9.17) is 11.2 Å². The first-order valence-corrected chi connectivity index (χ1v) is 5.05. The lowest BCUT2D eigenvalue weighted by molar-refractivity contribution is 0.0242. The average molecular weight is 220 g/mol. The number of nitrogens with one attached hydrogen (secondary N) is 1. The van der Waals surface area contributed by atoms with Crippen LogP contribution in [-0.2, 0) is 4.74 Å². The minimum atomic E-state index is -0.460. The van der Waals surface area contributed by atoms with E-state index in [0.717, 1.165) is 6.42 Å². The minimum Gasteiger partial charge on any atom is -0.342 e. The molecule has 84 valence electrons. The highest BCUT2D eigenvalue weighted by atomic mass is 16.5. The SMILES string of the molecule is C#C[C@@H]1CCC(n2cc(C)c(=O)[nH]c2=O)O1. The quantitative estimate of drug-likeness (QED) is 0.685. The Morgan fingerprint density at radius 2 is 2.31 bits per heavy atom. The normalized spacial score (nSPS) is 24.2. The second kappa shape index (κ2) is 3.99. The van der Waals surface area contributed by atoms with E-state index >= 15 is 0 Å². The molecule has 1 aromatic heterocycles. The van der Waals surface area contributed by atoms with Gasteiger partial charge in [-0.1, -0.05) is 5.92 Å². The first-order chi connectivity index (χ1) is 7.61. The van der Waals surface area contributed by atoms with Gasteiger partial charge in [0.2, 0.25) is 0 Å². The Morgan fingerprint density at radius 3 is 2.94 bits per heavy atom. The summed E-state index contributed by atoms with van der Waals surface area (Å²) in [4.78, 5) is 25.0. The molecule has 2 heterocycles. The molecule has 5 heteroatoms. The van der Waals surface area contributed by atoms with Crippen molar-refractivity contribution in [2.45, 2.75) is 32.1 Å². The highest BCUT2D eigenvalue weighted by Gasteiger charge is 2.25. The van der Waals surface area contributed by atoms with Gasteiger partial charge in [0.05, 0.1) is 0 Å². The fraction of sp³-hybridized carbons (Fsp3) is 0.455. The summed E-state index contributed by atoms with van der Waals surface area (Å²) < 4.78 is 6.86. The van der Waals surface area contributed by atoms with Crippen LogP contribution in [0.1, 0.15) is 24.6 Å². The molecular formula is C11H12N2O3. The van der Waals surface area contributed by atoms with Gasteiger partial charge in [-0.2, -0.15) is 0 Å². The Hall–Kier alpha value is -1.80. The Kier molecular flexibility index (Phi) is 2.67. The first-order valence-electron chi connectivity index (χ1n) is 5.05. The maximum Gasteiger partial charge on any atom is 0.330 e. The van der Waals surface area contributed by atoms with Gasteiger partial charge in [-0.25, -0.2) is 4.79 Å². The minimum absolute atomic E-state index is 0.246. The summed E-state index contributed by atoms with van der Waals surface area (Å²) >= 11 is 0. The summed E-state index contributed by atoms with van der Waals surface area (Å²) in [5.41, 5.74) is -0.349. The van der Waals surface area contributed by atoms with Gasteiger partial charge in [0.1, 0.15) is 12.3 Å². The maximum absolute atomic E-state index is 11.6. The smallest absolute Gasteiger partial charge is 0.330 e. The van der Waals surface area contributed by atoms with Crippen LogP contribution in [0.15, 0.2) is 15.8 Å².